The largest absolute Gasteiger partial charge is 0.390 e. The van der Waals surface area contributed by atoms with Crippen LogP contribution < -0.4 is 0 Å². The van der Waals surface area contributed by atoms with E-state index >= 15 is 0 Å². The molecule has 1 N–H and O–H groups in total. The molecule has 0 amide bonds. The van der Waals surface area contributed by atoms with Crippen LogP contribution in [0.3, 0.4) is 0 Å². The fraction of sp³-hybridized carbons (Fsp3) is 1.00. The van der Waals surface area contributed by atoms with E-state index in [2.05, 4.69) is 27.7 Å². The van der Waals surface area contributed by atoms with Crippen LogP contribution in [0.1, 0.15) is 79.1 Å². The van der Waals surface area contributed by atoms with E-state index in [0.717, 1.165) is 30.1 Å². The number of aliphatic hydroxyl groups is 1. The summed E-state index contributed by atoms with van der Waals surface area (Å²) < 4.78 is 0. The lowest BCUT2D eigenvalue weighted by Crippen LogP contribution is -2.65. The van der Waals surface area contributed by atoms with Crippen molar-refractivity contribution in [2.45, 2.75) is 84.7 Å². The van der Waals surface area contributed by atoms with Gasteiger partial charge >= 0.3 is 0 Å². The maximum atomic E-state index is 11.3. The Kier molecular flexibility index (Phi) is 2.96. The van der Waals surface area contributed by atoms with E-state index in [4.69, 9.17) is 0 Å². The second-order valence-corrected chi connectivity index (χ2v) is 10.1. The Morgan fingerprint density at radius 3 is 2.38 bits per heavy atom. The van der Waals surface area contributed by atoms with Gasteiger partial charge in [0.15, 0.2) is 0 Å². The van der Waals surface area contributed by atoms with Gasteiger partial charge in [-0.1, -0.05) is 33.6 Å². The van der Waals surface area contributed by atoms with E-state index in [0.29, 0.717) is 16.7 Å². The Balaban J connectivity index is 1.83. The topological polar surface area (TPSA) is 20.2 Å². The molecule has 0 saturated heterocycles. The van der Waals surface area contributed by atoms with Crippen molar-refractivity contribution in [3.63, 3.8) is 0 Å². The summed E-state index contributed by atoms with van der Waals surface area (Å²) in [6, 6.07) is 0. The standard InChI is InChI=1S/C20H34O/c1-13-6-7-15-16-14(13)8-11-18(2)9-5-10-19(3,17(16)18)12-20(15,4)21/h13-17,21H,5-12H2,1-4H3/t13-,14?,15?,16+,17?,18+,19-,20+/m1/s1. The molecule has 0 spiro atoms. The van der Waals surface area contributed by atoms with E-state index in [-0.39, 0.29) is 0 Å². The van der Waals surface area contributed by atoms with Crippen LogP contribution in [0.25, 0.3) is 0 Å². The predicted molar refractivity (Wildman–Crippen MR) is 86.9 cm³/mol. The van der Waals surface area contributed by atoms with Crippen LogP contribution in [-0.2, 0) is 0 Å². The van der Waals surface area contributed by atoms with Gasteiger partial charge in [-0.2, -0.15) is 0 Å². The third-order valence-electron chi connectivity index (χ3n) is 8.61. The Morgan fingerprint density at radius 2 is 1.62 bits per heavy atom. The molecule has 1 heteroatoms. The first kappa shape index (κ1) is 14.5. The van der Waals surface area contributed by atoms with Crippen molar-refractivity contribution in [3.05, 3.63) is 0 Å². The first-order valence-electron chi connectivity index (χ1n) is 9.49. The molecule has 0 radical (unpaired) electrons. The monoisotopic (exact) mass is 290 g/mol. The zero-order valence-electron chi connectivity index (χ0n) is 14.5. The Morgan fingerprint density at radius 1 is 0.905 bits per heavy atom. The Bertz CT molecular complexity index is 441. The summed E-state index contributed by atoms with van der Waals surface area (Å²) in [5.74, 6) is 4.04. The van der Waals surface area contributed by atoms with Gasteiger partial charge in [0.2, 0.25) is 0 Å². The summed E-state index contributed by atoms with van der Waals surface area (Å²) in [6.45, 7) is 9.79. The molecule has 0 heterocycles. The van der Waals surface area contributed by atoms with Gasteiger partial charge in [-0.15, -0.1) is 0 Å². The van der Waals surface area contributed by atoms with E-state index in [1.807, 2.05) is 0 Å². The van der Waals surface area contributed by atoms with Crippen LogP contribution in [0, 0.1) is 40.4 Å². The normalized spacial score (nSPS) is 63.0. The lowest BCUT2D eigenvalue weighted by atomic mass is 9.36. The fourth-order valence-corrected chi connectivity index (χ4v) is 8.11. The van der Waals surface area contributed by atoms with Crippen molar-refractivity contribution in [3.8, 4) is 0 Å². The molecule has 21 heavy (non-hydrogen) atoms. The zero-order chi connectivity index (χ0) is 15.0. The van der Waals surface area contributed by atoms with Gasteiger partial charge in [-0.25, -0.2) is 0 Å². The van der Waals surface area contributed by atoms with Crippen LogP contribution in [0.5, 0.6) is 0 Å². The molecule has 4 aliphatic carbocycles. The maximum absolute atomic E-state index is 11.3. The molecule has 4 aliphatic rings. The summed E-state index contributed by atoms with van der Waals surface area (Å²) in [5, 5.41) is 11.3. The first-order valence-corrected chi connectivity index (χ1v) is 9.49. The zero-order valence-corrected chi connectivity index (χ0v) is 14.5. The maximum Gasteiger partial charge on any atom is 0.0655 e. The third-order valence-corrected chi connectivity index (χ3v) is 8.61. The van der Waals surface area contributed by atoms with Crippen molar-refractivity contribution in [1.29, 1.82) is 0 Å². The van der Waals surface area contributed by atoms with Crippen molar-refractivity contribution < 1.29 is 5.11 Å². The van der Waals surface area contributed by atoms with E-state index < -0.39 is 5.60 Å². The van der Waals surface area contributed by atoms with Gasteiger partial charge < -0.3 is 5.11 Å². The highest BCUT2D eigenvalue weighted by atomic mass is 16.3. The van der Waals surface area contributed by atoms with Gasteiger partial charge in [0.1, 0.15) is 0 Å². The molecule has 0 aromatic heterocycles. The molecule has 1 nitrogen and oxygen atoms in total. The van der Waals surface area contributed by atoms with E-state index in [1.165, 1.54) is 44.9 Å². The molecule has 0 bridgehead atoms. The fourth-order valence-electron chi connectivity index (χ4n) is 8.11. The van der Waals surface area contributed by atoms with Gasteiger partial charge in [-0.05, 0) is 85.9 Å². The molecular weight excluding hydrogens is 256 g/mol. The number of hydrogen-bond acceptors (Lipinski definition) is 1. The summed E-state index contributed by atoms with van der Waals surface area (Å²) >= 11 is 0. The molecule has 0 aliphatic heterocycles. The van der Waals surface area contributed by atoms with Crippen molar-refractivity contribution >= 4 is 0 Å². The Labute approximate surface area is 130 Å². The summed E-state index contributed by atoms with van der Waals surface area (Å²) in [4.78, 5) is 0. The average Bonchev–Trinajstić information content (AvgIpc) is 2.35. The highest BCUT2D eigenvalue weighted by Crippen LogP contribution is 2.70. The van der Waals surface area contributed by atoms with Crippen LogP contribution in [0.4, 0.5) is 0 Å². The molecule has 4 saturated carbocycles. The molecule has 8 atom stereocenters. The van der Waals surface area contributed by atoms with Gasteiger partial charge in [0, 0.05) is 0 Å². The molecule has 4 rings (SSSR count). The van der Waals surface area contributed by atoms with Gasteiger partial charge in [0.05, 0.1) is 5.60 Å². The van der Waals surface area contributed by atoms with Gasteiger partial charge in [0.25, 0.3) is 0 Å². The average molecular weight is 290 g/mol. The van der Waals surface area contributed by atoms with Crippen LogP contribution >= 0.6 is 0 Å². The molecule has 4 fully saturated rings. The van der Waals surface area contributed by atoms with Crippen LogP contribution in [0.15, 0.2) is 0 Å². The smallest absolute Gasteiger partial charge is 0.0655 e. The molecule has 0 aromatic carbocycles. The number of rotatable bonds is 0. The molecule has 120 valence electrons. The third kappa shape index (κ3) is 1.85. The molecular formula is C20H34O. The van der Waals surface area contributed by atoms with Crippen molar-refractivity contribution in [2.75, 3.05) is 0 Å². The second-order valence-electron chi connectivity index (χ2n) is 10.1. The van der Waals surface area contributed by atoms with Crippen molar-refractivity contribution in [2.24, 2.45) is 40.4 Å². The Hall–Kier alpha value is -0.0400. The minimum Gasteiger partial charge on any atom is -0.390 e. The van der Waals surface area contributed by atoms with Crippen molar-refractivity contribution in [1.82, 2.24) is 0 Å². The SMILES string of the molecule is C[C@@H]1CCC2[C@@H]3C1CC[C@]1(C)CCC[C@](C)(C[C@]2(C)O)C31. The second kappa shape index (κ2) is 4.28. The van der Waals surface area contributed by atoms with E-state index in [1.54, 1.807) is 0 Å². The summed E-state index contributed by atoms with van der Waals surface area (Å²) in [5.41, 5.74) is 0.553. The lowest BCUT2D eigenvalue weighted by Gasteiger charge is -2.69. The lowest BCUT2D eigenvalue weighted by molar-refractivity contribution is -0.235. The highest BCUT2D eigenvalue weighted by Gasteiger charge is 2.65. The summed E-state index contributed by atoms with van der Waals surface area (Å²) in [6.07, 6.45) is 10.8. The van der Waals surface area contributed by atoms with E-state index in [9.17, 15) is 5.11 Å². The highest BCUT2D eigenvalue weighted by molar-refractivity contribution is 5.14. The summed E-state index contributed by atoms with van der Waals surface area (Å²) in [7, 11) is 0. The number of hydrogen-bond donors (Lipinski definition) is 1. The minimum absolute atomic E-state index is 0.396. The first-order chi connectivity index (χ1) is 9.77. The molecule has 0 aromatic rings. The molecule has 3 unspecified atom stereocenters. The minimum atomic E-state index is -0.413. The van der Waals surface area contributed by atoms with Gasteiger partial charge in [-0.3, -0.25) is 0 Å². The van der Waals surface area contributed by atoms with Crippen LogP contribution in [0.2, 0.25) is 0 Å². The quantitative estimate of drug-likeness (QED) is 0.663. The van der Waals surface area contributed by atoms with Crippen LogP contribution in [-0.4, -0.2) is 10.7 Å². The predicted octanol–water partition coefficient (Wildman–Crippen LogP) is 5.03.